The Morgan fingerprint density at radius 1 is 1.12 bits per heavy atom. The van der Waals surface area contributed by atoms with Crippen molar-refractivity contribution in [3.8, 4) is 0 Å². The topological polar surface area (TPSA) is 59.5 Å². The summed E-state index contributed by atoms with van der Waals surface area (Å²) in [5.74, 6) is -0.934. The van der Waals surface area contributed by atoms with E-state index in [4.69, 9.17) is 4.74 Å². The lowest BCUT2D eigenvalue weighted by Gasteiger charge is -2.27. The number of amides is 1. The summed E-state index contributed by atoms with van der Waals surface area (Å²) >= 11 is 1.32. The molecule has 3 aromatic rings. The zero-order valence-electron chi connectivity index (χ0n) is 18.8. The molecule has 0 atom stereocenters. The smallest absolute Gasteiger partial charge is 0.317 e. The third kappa shape index (κ3) is 4.55. The second-order valence-electron chi connectivity index (χ2n) is 8.30. The maximum absolute atomic E-state index is 14.5. The van der Waals surface area contributed by atoms with E-state index in [0.29, 0.717) is 29.2 Å². The van der Waals surface area contributed by atoms with E-state index < -0.39 is 11.4 Å². The van der Waals surface area contributed by atoms with Crippen molar-refractivity contribution >= 4 is 34.0 Å². The molecule has 1 aliphatic carbocycles. The number of para-hydroxylation sites is 1. The quantitative estimate of drug-likeness (QED) is 0.396. The van der Waals surface area contributed by atoms with E-state index in [9.17, 15) is 14.0 Å². The number of ether oxygens (including phenoxy) is 1. The van der Waals surface area contributed by atoms with E-state index in [2.05, 4.69) is 4.98 Å². The minimum atomic E-state index is -0.949. The van der Waals surface area contributed by atoms with Crippen LogP contribution in [0.5, 0.6) is 0 Å². The number of thiazole rings is 1. The summed E-state index contributed by atoms with van der Waals surface area (Å²) in [7, 11) is 0. The van der Waals surface area contributed by atoms with Crippen LogP contribution in [0.25, 0.3) is 0 Å². The van der Waals surface area contributed by atoms with Gasteiger partial charge in [0.1, 0.15) is 12.4 Å². The molecule has 33 heavy (non-hydrogen) atoms. The standard InChI is InChI=1S/C26H27FN2O3S/c1-3-19-10-4-7-13-23(19)29(18(2)30)25-28-20(17-33-25)16-32-24(31)26(14-8-9-15-26)21-11-5-6-12-22(21)27/h4-7,10-13,17H,3,8-9,14-16H2,1-2H3. The van der Waals surface area contributed by atoms with Gasteiger partial charge in [0, 0.05) is 17.9 Å². The third-order valence-electron chi connectivity index (χ3n) is 6.25. The van der Waals surface area contributed by atoms with Gasteiger partial charge in [-0.2, -0.15) is 0 Å². The normalized spacial score (nSPS) is 14.8. The molecule has 7 heteroatoms. The molecule has 0 N–H and O–H groups in total. The molecule has 1 heterocycles. The van der Waals surface area contributed by atoms with Gasteiger partial charge in [0.15, 0.2) is 5.13 Å². The van der Waals surface area contributed by atoms with E-state index in [1.54, 1.807) is 28.5 Å². The summed E-state index contributed by atoms with van der Waals surface area (Å²) in [5.41, 5.74) is 1.87. The maximum Gasteiger partial charge on any atom is 0.317 e. The number of carbonyl (C=O) groups is 2. The SMILES string of the molecule is CCc1ccccc1N(C(C)=O)c1nc(COC(=O)C2(c3ccccc3F)CCCC2)cs1. The average molecular weight is 467 g/mol. The van der Waals surface area contributed by atoms with E-state index in [1.165, 1.54) is 24.3 Å². The van der Waals surface area contributed by atoms with Gasteiger partial charge in [-0.25, -0.2) is 9.37 Å². The van der Waals surface area contributed by atoms with Crippen LogP contribution in [0.2, 0.25) is 0 Å². The van der Waals surface area contributed by atoms with Crippen LogP contribution in [0.1, 0.15) is 56.4 Å². The largest absolute Gasteiger partial charge is 0.458 e. The third-order valence-corrected chi connectivity index (χ3v) is 7.12. The first-order chi connectivity index (χ1) is 16.0. The fourth-order valence-electron chi connectivity index (χ4n) is 4.59. The number of nitrogens with zero attached hydrogens (tertiary/aromatic N) is 2. The number of benzene rings is 2. The molecule has 1 saturated carbocycles. The summed E-state index contributed by atoms with van der Waals surface area (Å²) in [4.78, 5) is 31.8. The van der Waals surface area contributed by atoms with E-state index in [1.807, 2.05) is 31.2 Å². The molecule has 0 bridgehead atoms. The predicted octanol–water partition coefficient (Wildman–Crippen LogP) is 6.08. The van der Waals surface area contributed by atoms with Gasteiger partial charge < -0.3 is 4.74 Å². The molecule has 172 valence electrons. The van der Waals surface area contributed by atoms with Crippen molar-refractivity contribution in [1.29, 1.82) is 0 Å². The Hall–Kier alpha value is -3.06. The molecule has 5 nitrogen and oxygen atoms in total. The number of esters is 1. The molecule has 1 fully saturated rings. The minimum Gasteiger partial charge on any atom is -0.458 e. The molecule has 1 amide bonds. The summed E-state index contributed by atoms with van der Waals surface area (Å²) in [5, 5.41) is 2.32. The monoisotopic (exact) mass is 466 g/mol. The molecule has 0 radical (unpaired) electrons. The Bertz CT molecular complexity index is 1150. The number of anilines is 2. The van der Waals surface area contributed by atoms with Gasteiger partial charge in [-0.1, -0.05) is 56.2 Å². The average Bonchev–Trinajstić information content (AvgIpc) is 3.49. The Kier molecular flexibility index (Phi) is 6.88. The number of aromatic nitrogens is 1. The Labute approximate surface area is 197 Å². The lowest BCUT2D eigenvalue weighted by Crippen LogP contribution is -2.35. The van der Waals surface area contributed by atoms with Crippen molar-refractivity contribution in [1.82, 2.24) is 4.98 Å². The zero-order valence-corrected chi connectivity index (χ0v) is 19.7. The molecule has 0 saturated heterocycles. The molecule has 0 aliphatic heterocycles. The second-order valence-corrected chi connectivity index (χ2v) is 9.14. The first kappa shape index (κ1) is 23.1. The van der Waals surface area contributed by atoms with Crippen molar-refractivity contribution in [2.45, 2.75) is 58.0 Å². The highest BCUT2D eigenvalue weighted by Crippen LogP contribution is 2.43. The Morgan fingerprint density at radius 3 is 2.52 bits per heavy atom. The summed E-state index contributed by atoms with van der Waals surface area (Å²) in [6, 6.07) is 14.2. The number of hydrogen-bond acceptors (Lipinski definition) is 5. The first-order valence-corrected chi connectivity index (χ1v) is 12.1. The van der Waals surface area contributed by atoms with Crippen LogP contribution in [0.3, 0.4) is 0 Å². The number of carbonyl (C=O) groups excluding carboxylic acids is 2. The predicted molar refractivity (Wildman–Crippen MR) is 127 cm³/mol. The van der Waals surface area contributed by atoms with Crippen LogP contribution in [0.15, 0.2) is 53.9 Å². The molecule has 2 aromatic carbocycles. The van der Waals surface area contributed by atoms with Gasteiger partial charge in [0.05, 0.1) is 16.8 Å². The number of aryl methyl sites for hydroxylation is 1. The van der Waals surface area contributed by atoms with Gasteiger partial charge in [0.25, 0.3) is 0 Å². The van der Waals surface area contributed by atoms with E-state index in [-0.39, 0.29) is 18.3 Å². The van der Waals surface area contributed by atoms with Gasteiger partial charge in [-0.05, 0) is 37.0 Å². The maximum atomic E-state index is 14.5. The molecule has 4 rings (SSSR count). The lowest BCUT2D eigenvalue weighted by atomic mass is 9.78. The van der Waals surface area contributed by atoms with Crippen LogP contribution >= 0.6 is 11.3 Å². The highest BCUT2D eigenvalue weighted by molar-refractivity contribution is 7.14. The minimum absolute atomic E-state index is 0.0211. The van der Waals surface area contributed by atoms with E-state index >= 15 is 0 Å². The van der Waals surface area contributed by atoms with Crippen LogP contribution in [-0.2, 0) is 32.8 Å². The van der Waals surface area contributed by atoms with Gasteiger partial charge in [-0.3, -0.25) is 14.5 Å². The van der Waals surface area contributed by atoms with Crippen molar-refractivity contribution in [2.75, 3.05) is 4.90 Å². The Morgan fingerprint density at radius 2 is 1.82 bits per heavy atom. The van der Waals surface area contributed by atoms with Gasteiger partial charge in [0.2, 0.25) is 5.91 Å². The van der Waals surface area contributed by atoms with Gasteiger partial charge in [-0.15, -0.1) is 11.3 Å². The Balaban J connectivity index is 1.53. The van der Waals surface area contributed by atoms with E-state index in [0.717, 1.165) is 30.5 Å². The van der Waals surface area contributed by atoms with Crippen LogP contribution in [-0.4, -0.2) is 16.9 Å². The van der Waals surface area contributed by atoms with Crippen LogP contribution in [0, 0.1) is 5.82 Å². The van der Waals surface area contributed by atoms with Crippen molar-refractivity contribution in [3.63, 3.8) is 0 Å². The fraction of sp³-hybridized carbons (Fsp3) is 0.346. The van der Waals surface area contributed by atoms with Crippen molar-refractivity contribution in [3.05, 3.63) is 76.5 Å². The summed E-state index contributed by atoms with van der Waals surface area (Å²) in [6.45, 7) is 3.52. The molecule has 0 unspecified atom stereocenters. The molecule has 0 spiro atoms. The van der Waals surface area contributed by atoms with Crippen molar-refractivity contribution < 1.29 is 18.7 Å². The number of halogens is 1. The molecular weight excluding hydrogens is 439 g/mol. The highest BCUT2D eigenvalue weighted by Gasteiger charge is 2.45. The van der Waals surface area contributed by atoms with Crippen LogP contribution in [0.4, 0.5) is 15.2 Å². The first-order valence-electron chi connectivity index (χ1n) is 11.2. The number of hydrogen-bond donors (Lipinski definition) is 0. The highest BCUT2D eigenvalue weighted by atomic mass is 32.1. The van der Waals surface area contributed by atoms with Crippen molar-refractivity contribution in [2.24, 2.45) is 0 Å². The molecule has 1 aromatic heterocycles. The zero-order chi connectivity index (χ0) is 23.4. The molecule has 1 aliphatic rings. The van der Waals surface area contributed by atoms with Crippen LogP contribution < -0.4 is 4.90 Å². The second kappa shape index (κ2) is 9.83. The summed E-state index contributed by atoms with van der Waals surface area (Å²) < 4.78 is 20.2. The molecular formula is C26H27FN2O3S. The van der Waals surface area contributed by atoms with Gasteiger partial charge >= 0.3 is 5.97 Å². The fourth-order valence-corrected chi connectivity index (χ4v) is 5.45. The summed E-state index contributed by atoms with van der Waals surface area (Å²) in [6.07, 6.45) is 3.64. The lowest BCUT2D eigenvalue weighted by molar-refractivity contribution is -0.152. The number of rotatable bonds is 7.